The summed E-state index contributed by atoms with van der Waals surface area (Å²) < 4.78 is 10.6. The topological polar surface area (TPSA) is 20.5 Å². The Morgan fingerprint density at radius 3 is 1.81 bits per heavy atom. The van der Waals surface area contributed by atoms with Gasteiger partial charge in [0.25, 0.3) is 7.11 Å². The van der Waals surface area contributed by atoms with Gasteiger partial charge in [-0.15, -0.1) is 29.0 Å². The molecule has 0 unspecified atom stereocenters. The lowest BCUT2D eigenvalue weighted by Gasteiger charge is -2.27. The molecule has 2 nitrogen and oxygen atoms in total. The van der Waals surface area contributed by atoms with Crippen LogP contribution in [0.1, 0.15) is 27.7 Å². The first-order valence-electron chi connectivity index (χ1n) is 7.03. The molecular formula is C19H22O2. The van der Waals surface area contributed by atoms with E-state index in [9.17, 15) is 0 Å². The van der Waals surface area contributed by atoms with Gasteiger partial charge >= 0.3 is 5.78 Å². The van der Waals surface area contributed by atoms with Crippen LogP contribution in [0.25, 0.3) is 0 Å². The molecule has 0 N–H and O–H groups in total. The van der Waals surface area contributed by atoms with Gasteiger partial charge in [-0.3, -0.25) is 4.42 Å². The van der Waals surface area contributed by atoms with Crippen molar-refractivity contribution in [1.82, 2.24) is 0 Å². The van der Waals surface area contributed by atoms with Crippen molar-refractivity contribution in [3.63, 3.8) is 0 Å². The minimum absolute atomic E-state index is 0.888. The highest BCUT2D eigenvalue weighted by Gasteiger charge is 2.16. The van der Waals surface area contributed by atoms with Gasteiger partial charge in [0, 0.05) is 24.8 Å². The molecule has 0 heterocycles. The molecule has 2 rings (SSSR count). The third-order valence-corrected chi connectivity index (χ3v) is 3.73. The average Bonchev–Trinajstić information content (AvgIpc) is 2.44. The summed E-state index contributed by atoms with van der Waals surface area (Å²) in [6, 6.07) is 0. The number of rotatable bonds is 1. The highest BCUT2D eigenvalue weighted by Crippen LogP contribution is 2.30. The molecule has 0 aliphatic heterocycles. The van der Waals surface area contributed by atoms with E-state index in [1.807, 2.05) is 24.3 Å². The van der Waals surface area contributed by atoms with Crippen molar-refractivity contribution < 1.29 is 9.16 Å². The van der Waals surface area contributed by atoms with Crippen LogP contribution in [0.3, 0.4) is 0 Å². The van der Waals surface area contributed by atoms with Gasteiger partial charge in [-0.1, -0.05) is 19.4 Å². The molecular weight excluding hydrogens is 260 g/mol. The third kappa shape index (κ3) is 3.18. The van der Waals surface area contributed by atoms with E-state index in [2.05, 4.69) is 33.4 Å². The Morgan fingerprint density at radius 1 is 0.905 bits per heavy atom. The van der Waals surface area contributed by atoms with E-state index in [0.717, 1.165) is 23.0 Å². The lowest BCUT2D eigenvalue weighted by Crippen LogP contribution is -2.05. The second-order valence-corrected chi connectivity index (χ2v) is 5.40. The largest absolute Gasteiger partial charge is 0.410 e. The van der Waals surface area contributed by atoms with Gasteiger partial charge in [-0.05, 0) is 31.1 Å². The minimum atomic E-state index is 0.888. The van der Waals surface area contributed by atoms with Crippen LogP contribution in [0.4, 0.5) is 0 Å². The Kier molecular flexibility index (Phi) is 4.52. The molecule has 2 heteroatoms. The summed E-state index contributed by atoms with van der Waals surface area (Å²) in [6.45, 7) is 8.36. The van der Waals surface area contributed by atoms with Crippen LogP contribution < -0.4 is 0 Å². The van der Waals surface area contributed by atoms with Gasteiger partial charge in [0.2, 0.25) is 0 Å². The molecule has 0 atom stereocenters. The lowest BCUT2D eigenvalue weighted by atomic mass is 9.89. The molecule has 0 aromatic carbocycles. The Labute approximate surface area is 127 Å². The zero-order valence-corrected chi connectivity index (χ0v) is 13.6. The molecule has 0 aromatic rings. The highest BCUT2D eigenvalue weighted by atomic mass is 16.5. The summed E-state index contributed by atoms with van der Waals surface area (Å²) in [5, 5.41) is 0. The van der Waals surface area contributed by atoms with E-state index in [1.165, 1.54) is 22.3 Å². The Balaban J connectivity index is 2.57. The first-order valence-corrected chi connectivity index (χ1v) is 7.03. The maximum absolute atomic E-state index is 5.31. The number of hydrogen-bond donors (Lipinski definition) is 0. The molecule has 0 bridgehead atoms. The van der Waals surface area contributed by atoms with E-state index >= 15 is 0 Å². The summed E-state index contributed by atoms with van der Waals surface area (Å²) in [7, 11) is 3.39. The summed E-state index contributed by atoms with van der Waals surface area (Å²) in [5.41, 5.74) is 10.5. The van der Waals surface area contributed by atoms with Crippen LogP contribution in [0.5, 0.6) is 0 Å². The second-order valence-electron chi connectivity index (χ2n) is 5.40. The predicted octanol–water partition coefficient (Wildman–Crippen LogP) is 4.16. The van der Waals surface area contributed by atoms with Gasteiger partial charge in [-0.2, -0.15) is 0 Å². The van der Waals surface area contributed by atoms with Crippen molar-refractivity contribution in [1.29, 1.82) is 0 Å². The molecule has 0 fully saturated rings. The molecule has 2 aliphatic rings. The monoisotopic (exact) mass is 282 g/mol. The molecule has 0 amide bonds. The predicted molar refractivity (Wildman–Crippen MR) is 86.8 cm³/mol. The maximum atomic E-state index is 5.31. The first kappa shape index (κ1) is 15.4. The SMILES string of the molecule is CO[C-]1C=C(C)C(=C=C2C(C)=CC(=[O+]C)C=C2C)C(C)=C1. The normalized spacial score (nSPS) is 18.8. The zero-order valence-electron chi connectivity index (χ0n) is 13.6. The van der Waals surface area contributed by atoms with Crippen molar-refractivity contribution in [3.05, 3.63) is 69.6 Å². The van der Waals surface area contributed by atoms with Gasteiger partial charge in [0.1, 0.15) is 0 Å². The summed E-state index contributed by atoms with van der Waals surface area (Å²) in [6.07, 6.45) is 9.07. The van der Waals surface area contributed by atoms with Crippen LogP contribution in [0.2, 0.25) is 0 Å². The van der Waals surface area contributed by atoms with Crippen LogP contribution in [0.15, 0.2) is 63.5 Å². The number of hydrogen-bond acceptors (Lipinski definition) is 1. The minimum Gasteiger partial charge on any atom is -0.410 e. The van der Waals surface area contributed by atoms with E-state index < -0.39 is 0 Å². The van der Waals surface area contributed by atoms with Crippen molar-refractivity contribution in [3.8, 4) is 0 Å². The second kappa shape index (κ2) is 6.17. The van der Waals surface area contributed by atoms with Gasteiger partial charge in [0.05, 0.1) is 0 Å². The van der Waals surface area contributed by atoms with Crippen molar-refractivity contribution in [2.45, 2.75) is 27.7 Å². The summed E-state index contributed by atoms with van der Waals surface area (Å²) in [5.74, 6) is 0.888. The highest BCUT2D eigenvalue weighted by molar-refractivity contribution is 6.03. The van der Waals surface area contributed by atoms with Crippen LogP contribution in [-0.4, -0.2) is 20.0 Å². The molecule has 110 valence electrons. The molecule has 2 aliphatic carbocycles. The Hall–Kier alpha value is -2.02. The van der Waals surface area contributed by atoms with Gasteiger partial charge < -0.3 is 4.74 Å². The summed E-state index contributed by atoms with van der Waals surface area (Å²) >= 11 is 0. The molecule has 0 radical (unpaired) electrons. The number of ether oxygens (including phenoxy) is 1. The van der Waals surface area contributed by atoms with Gasteiger partial charge in [-0.25, -0.2) is 0 Å². The first-order chi connectivity index (χ1) is 9.96. The quantitative estimate of drug-likeness (QED) is 0.402. The fraction of sp³-hybridized carbons (Fsp3) is 0.316. The zero-order chi connectivity index (χ0) is 15.6. The standard InChI is InChI=1S/C19H22O2/c1-12-7-16(20-5)8-13(2)18(12)11-19-14(3)9-17(21-6)10-15(19)4/h7-10H,1-6H3. The number of allylic oxidation sites excluding steroid dienone is 7. The number of carbonyl (C=O) groups excluding carboxylic acids is 1. The van der Waals surface area contributed by atoms with Crippen molar-refractivity contribution in [2.75, 3.05) is 14.2 Å². The van der Waals surface area contributed by atoms with Crippen LogP contribution >= 0.6 is 0 Å². The molecule has 0 aromatic heterocycles. The molecule has 21 heavy (non-hydrogen) atoms. The average molecular weight is 282 g/mol. The van der Waals surface area contributed by atoms with E-state index in [1.54, 1.807) is 14.2 Å². The third-order valence-electron chi connectivity index (χ3n) is 3.73. The van der Waals surface area contributed by atoms with Crippen molar-refractivity contribution in [2.24, 2.45) is 0 Å². The molecule has 0 spiro atoms. The van der Waals surface area contributed by atoms with Crippen LogP contribution in [0, 0.1) is 6.10 Å². The Morgan fingerprint density at radius 2 is 1.38 bits per heavy atom. The van der Waals surface area contributed by atoms with E-state index in [-0.39, 0.29) is 0 Å². The van der Waals surface area contributed by atoms with E-state index in [0.29, 0.717) is 0 Å². The fourth-order valence-corrected chi connectivity index (χ4v) is 2.60. The number of methoxy groups -OCH3 is 1. The van der Waals surface area contributed by atoms with Crippen molar-refractivity contribution >= 4 is 5.78 Å². The van der Waals surface area contributed by atoms with Crippen LogP contribution in [-0.2, 0) is 9.16 Å². The number of ketones is 1. The Bertz CT molecular complexity index is 626. The van der Waals surface area contributed by atoms with E-state index in [4.69, 9.17) is 9.16 Å². The smallest absolute Gasteiger partial charge is 0.343 e. The fourth-order valence-electron chi connectivity index (χ4n) is 2.60. The summed E-state index contributed by atoms with van der Waals surface area (Å²) in [4.78, 5) is 0. The molecule has 0 saturated carbocycles. The maximum Gasteiger partial charge on any atom is 0.343 e. The van der Waals surface area contributed by atoms with Gasteiger partial charge in [0.15, 0.2) is 0 Å². The lowest BCUT2D eigenvalue weighted by molar-refractivity contribution is -0.417. The molecule has 0 saturated heterocycles.